The smallest absolute Gasteiger partial charge is 0.407 e. The minimum absolute atomic E-state index is 0.0774. The summed E-state index contributed by atoms with van der Waals surface area (Å²) in [6.07, 6.45) is 5.56. The summed E-state index contributed by atoms with van der Waals surface area (Å²) in [5, 5.41) is 7.49. The second-order valence-corrected chi connectivity index (χ2v) is 8.18. The van der Waals surface area contributed by atoms with Gasteiger partial charge in [-0.2, -0.15) is 5.10 Å². The molecule has 2 heterocycles. The Morgan fingerprint density at radius 2 is 2.04 bits per heavy atom. The largest absolute Gasteiger partial charge is 0.497 e. The van der Waals surface area contributed by atoms with Crippen LogP contribution in [0.15, 0.2) is 36.7 Å². The van der Waals surface area contributed by atoms with Crippen LogP contribution in [0.1, 0.15) is 39.2 Å². The molecule has 0 saturated carbocycles. The highest BCUT2D eigenvalue weighted by molar-refractivity contribution is 5.68. The fourth-order valence-electron chi connectivity index (χ4n) is 3.32. The Kier molecular flexibility index (Phi) is 6.11. The molecule has 0 spiro atoms. The Labute approximate surface area is 166 Å². The van der Waals surface area contributed by atoms with Crippen molar-refractivity contribution in [1.82, 2.24) is 15.1 Å². The van der Waals surface area contributed by atoms with Crippen molar-refractivity contribution < 1.29 is 14.3 Å². The number of amides is 1. The number of aromatic nitrogens is 2. The van der Waals surface area contributed by atoms with E-state index in [1.807, 2.05) is 55.9 Å². The van der Waals surface area contributed by atoms with Crippen LogP contribution in [0.3, 0.4) is 0 Å². The first-order valence-electron chi connectivity index (χ1n) is 9.72. The number of hydrogen-bond acceptors (Lipinski definition) is 5. The molecule has 3 rings (SSSR count). The van der Waals surface area contributed by atoms with Crippen molar-refractivity contribution in [3.05, 3.63) is 42.2 Å². The van der Waals surface area contributed by atoms with Crippen molar-refractivity contribution in [2.24, 2.45) is 0 Å². The Balaban J connectivity index is 1.57. The van der Waals surface area contributed by atoms with Crippen LogP contribution in [-0.2, 0) is 11.3 Å². The number of carbonyl (C=O) groups excluding carboxylic acids is 1. The van der Waals surface area contributed by atoms with Crippen molar-refractivity contribution in [2.75, 3.05) is 25.1 Å². The van der Waals surface area contributed by atoms with E-state index in [-0.39, 0.29) is 12.1 Å². The van der Waals surface area contributed by atoms with Crippen LogP contribution in [0.25, 0.3) is 0 Å². The maximum atomic E-state index is 12.0. The number of hydrogen-bond donors (Lipinski definition) is 1. The molecule has 7 heteroatoms. The minimum atomic E-state index is -0.485. The molecule has 1 aromatic heterocycles. The maximum Gasteiger partial charge on any atom is 0.407 e. The van der Waals surface area contributed by atoms with Gasteiger partial charge in [0.15, 0.2) is 0 Å². The second kappa shape index (κ2) is 8.54. The van der Waals surface area contributed by atoms with Crippen molar-refractivity contribution in [2.45, 2.75) is 51.8 Å². The molecule has 0 radical (unpaired) electrons. The molecule has 0 unspecified atom stereocenters. The summed E-state index contributed by atoms with van der Waals surface area (Å²) in [4.78, 5) is 14.3. The number of piperidine rings is 1. The van der Waals surface area contributed by atoms with Crippen LogP contribution in [0.4, 0.5) is 10.5 Å². The zero-order chi connectivity index (χ0) is 20.1. The molecule has 0 bridgehead atoms. The molecule has 7 nitrogen and oxygen atoms in total. The molecule has 28 heavy (non-hydrogen) atoms. The monoisotopic (exact) mass is 386 g/mol. The number of nitrogens with zero attached hydrogens (tertiary/aromatic N) is 3. The van der Waals surface area contributed by atoms with E-state index in [9.17, 15) is 4.79 Å². The van der Waals surface area contributed by atoms with Gasteiger partial charge in [0.25, 0.3) is 0 Å². The first-order chi connectivity index (χ1) is 13.3. The molecule has 1 aromatic carbocycles. The molecule has 0 aliphatic carbocycles. The van der Waals surface area contributed by atoms with Gasteiger partial charge in [-0.05, 0) is 51.3 Å². The van der Waals surface area contributed by atoms with E-state index < -0.39 is 5.60 Å². The van der Waals surface area contributed by atoms with Gasteiger partial charge in [0.1, 0.15) is 11.4 Å². The van der Waals surface area contributed by atoms with E-state index in [4.69, 9.17) is 9.47 Å². The van der Waals surface area contributed by atoms with Crippen LogP contribution in [0, 0.1) is 0 Å². The fraction of sp³-hybridized carbons (Fsp3) is 0.524. The van der Waals surface area contributed by atoms with E-state index in [0.717, 1.165) is 37.4 Å². The van der Waals surface area contributed by atoms with E-state index in [0.29, 0.717) is 6.54 Å². The Morgan fingerprint density at radius 3 is 2.71 bits per heavy atom. The molecule has 152 valence electrons. The summed E-state index contributed by atoms with van der Waals surface area (Å²) in [7, 11) is 1.67. The van der Waals surface area contributed by atoms with Crippen LogP contribution in [-0.4, -0.2) is 47.7 Å². The minimum Gasteiger partial charge on any atom is -0.497 e. The number of carbonyl (C=O) groups is 1. The molecular weight excluding hydrogens is 356 g/mol. The summed E-state index contributed by atoms with van der Waals surface area (Å²) in [5.74, 6) is 0.849. The average molecular weight is 386 g/mol. The molecule has 1 aliphatic heterocycles. The average Bonchev–Trinajstić information content (AvgIpc) is 3.09. The van der Waals surface area contributed by atoms with Crippen LogP contribution >= 0.6 is 0 Å². The quantitative estimate of drug-likeness (QED) is 0.853. The van der Waals surface area contributed by atoms with E-state index in [1.54, 1.807) is 7.11 Å². The Hall–Kier alpha value is -2.70. The summed E-state index contributed by atoms with van der Waals surface area (Å²) in [5.41, 5.74) is 1.75. The maximum absolute atomic E-state index is 12.0. The van der Waals surface area contributed by atoms with Gasteiger partial charge in [-0.3, -0.25) is 4.68 Å². The number of alkyl carbamates (subject to hydrolysis) is 1. The number of benzene rings is 1. The lowest BCUT2D eigenvalue weighted by Gasteiger charge is -2.34. The third-order valence-corrected chi connectivity index (χ3v) is 4.63. The normalized spacial score (nSPS) is 17.3. The van der Waals surface area contributed by atoms with Crippen molar-refractivity contribution in [3.8, 4) is 5.75 Å². The van der Waals surface area contributed by atoms with Crippen molar-refractivity contribution in [3.63, 3.8) is 0 Å². The standard InChI is InChI=1S/C21H30N4O3/c1-21(2,3)28-20(26)23-17-6-5-11-24(14-17)18-12-22-25(15-18)13-16-7-9-19(27-4)10-8-16/h7-10,12,15,17H,5-6,11,13-14H2,1-4H3,(H,23,26)/t17-/m0/s1. The Bertz CT molecular complexity index is 780. The third kappa shape index (κ3) is 5.65. The predicted molar refractivity (Wildman–Crippen MR) is 109 cm³/mol. The van der Waals surface area contributed by atoms with Crippen molar-refractivity contribution in [1.29, 1.82) is 0 Å². The number of ether oxygens (including phenoxy) is 2. The van der Waals surface area contributed by atoms with Crippen LogP contribution < -0.4 is 15.0 Å². The van der Waals surface area contributed by atoms with Crippen molar-refractivity contribution >= 4 is 11.8 Å². The summed E-state index contributed by atoms with van der Waals surface area (Å²) < 4.78 is 12.5. The molecule has 1 saturated heterocycles. The second-order valence-electron chi connectivity index (χ2n) is 8.18. The molecule has 1 atom stereocenters. The molecule has 1 N–H and O–H groups in total. The number of rotatable bonds is 5. The summed E-state index contributed by atoms with van der Waals surface area (Å²) in [6, 6.07) is 8.08. The number of methoxy groups -OCH3 is 1. The lowest BCUT2D eigenvalue weighted by atomic mass is 10.1. The van der Waals surface area contributed by atoms with Gasteiger partial charge >= 0.3 is 6.09 Å². The first-order valence-corrected chi connectivity index (χ1v) is 9.72. The summed E-state index contributed by atoms with van der Waals surface area (Å²) in [6.45, 7) is 8.04. The van der Waals surface area contributed by atoms with Gasteiger partial charge in [0.2, 0.25) is 0 Å². The predicted octanol–water partition coefficient (Wildman–Crippen LogP) is 3.43. The van der Waals surface area contributed by atoms with Gasteiger partial charge in [0, 0.05) is 25.3 Å². The van der Waals surface area contributed by atoms with Gasteiger partial charge < -0.3 is 19.7 Å². The Morgan fingerprint density at radius 1 is 1.29 bits per heavy atom. The zero-order valence-electron chi connectivity index (χ0n) is 17.1. The zero-order valence-corrected chi connectivity index (χ0v) is 17.1. The van der Waals surface area contributed by atoms with Gasteiger partial charge in [-0.15, -0.1) is 0 Å². The topological polar surface area (TPSA) is 68.6 Å². The van der Waals surface area contributed by atoms with E-state index >= 15 is 0 Å². The van der Waals surface area contributed by atoms with Gasteiger partial charge in [0.05, 0.1) is 25.5 Å². The van der Waals surface area contributed by atoms with Crippen LogP contribution in [0.2, 0.25) is 0 Å². The SMILES string of the molecule is COc1ccc(Cn2cc(N3CCC[C@H](NC(=O)OC(C)(C)C)C3)cn2)cc1. The number of anilines is 1. The number of nitrogens with one attached hydrogen (secondary N) is 1. The highest BCUT2D eigenvalue weighted by Crippen LogP contribution is 2.20. The lowest BCUT2D eigenvalue weighted by Crippen LogP contribution is -2.49. The molecular formula is C21H30N4O3. The van der Waals surface area contributed by atoms with Gasteiger partial charge in [-0.25, -0.2) is 4.79 Å². The highest BCUT2D eigenvalue weighted by Gasteiger charge is 2.25. The van der Waals surface area contributed by atoms with Crippen LogP contribution in [0.5, 0.6) is 5.75 Å². The van der Waals surface area contributed by atoms with E-state index in [2.05, 4.69) is 21.5 Å². The molecule has 1 amide bonds. The first kappa shape index (κ1) is 20.0. The lowest BCUT2D eigenvalue weighted by molar-refractivity contribution is 0.0500. The van der Waals surface area contributed by atoms with E-state index in [1.165, 1.54) is 5.56 Å². The molecule has 1 fully saturated rings. The molecule has 1 aliphatic rings. The third-order valence-electron chi connectivity index (χ3n) is 4.63. The highest BCUT2D eigenvalue weighted by atomic mass is 16.6. The fourth-order valence-corrected chi connectivity index (χ4v) is 3.32. The van der Waals surface area contributed by atoms with Gasteiger partial charge in [-0.1, -0.05) is 12.1 Å². The molecule has 2 aromatic rings. The summed E-state index contributed by atoms with van der Waals surface area (Å²) >= 11 is 0.